The van der Waals surface area contributed by atoms with Gasteiger partial charge in [-0.1, -0.05) is 12.1 Å². The largest absolute Gasteiger partial charge is 0.416 e. The number of nitrogens with one attached hydrogen (secondary N) is 3. The molecule has 0 radical (unpaired) electrons. The Morgan fingerprint density at radius 1 is 1.06 bits per heavy atom. The van der Waals surface area contributed by atoms with Gasteiger partial charge in [0.15, 0.2) is 5.65 Å². The molecule has 1 aliphatic heterocycles. The van der Waals surface area contributed by atoms with Gasteiger partial charge >= 0.3 is 6.18 Å². The van der Waals surface area contributed by atoms with Crippen LogP contribution in [0.4, 0.5) is 24.7 Å². The smallest absolute Gasteiger partial charge is 0.383 e. The first-order chi connectivity index (χ1) is 16.8. The molecular formula is C24H22F3N7O. The van der Waals surface area contributed by atoms with Crippen LogP contribution in [0.3, 0.4) is 0 Å². The number of benzene rings is 2. The SMILES string of the molecule is Nc1nc(C2CCCNC2)nc2n[nH]c(-c3ccc(NC(=O)c4ccc(C(F)(F)F)cc4)cc3)c12. The molecule has 5 N–H and O–H groups in total. The maximum atomic E-state index is 12.7. The topological polar surface area (TPSA) is 122 Å². The number of aromatic nitrogens is 4. The van der Waals surface area contributed by atoms with E-state index < -0.39 is 17.6 Å². The van der Waals surface area contributed by atoms with Gasteiger partial charge in [0.25, 0.3) is 5.91 Å². The number of nitrogens with two attached hydrogens (primary N) is 1. The van der Waals surface area contributed by atoms with E-state index in [0.717, 1.165) is 55.8 Å². The number of anilines is 2. The normalized spacial score (nSPS) is 16.4. The molecule has 2 aromatic carbocycles. The highest BCUT2D eigenvalue weighted by Gasteiger charge is 2.30. The molecule has 0 aliphatic carbocycles. The van der Waals surface area contributed by atoms with Crippen LogP contribution < -0.4 is 16.4 Å². The zero-order chi connectivity index (χ0) is 24.6. The third-order valence-corrected chi connectivity index (χ3v) is 6.03. The molecule has 11 heteroatoms. The summed E-state index contributed by atoms with van der Waals surface area (Å²) in [6.07, 6.45) is -2.40. The Bertz CT molecular complexity index is 1360. The van der Waals surface area contributed by atoms with Crippen LogP contribution in [-0.2, 0) is 6.18 Å². The molecule has 4 aromatic rings. The van der Waals surface area contributed by atoms with E-state index >= 15 is 0 Å². The first-order valence-electron chi connectivity index (χ1n) is 11.1. The van der Waals surface area contributed by atoms with E-state index in [4.69, 9.17) is 5.73 Å². The molecule has 1 atom stereocenters. The average Bonchev–Trinajstić information content (AvgIpc) is 3.29. The van der Waals surface area contributed by atoms with Crippen molar-refractivity contribution in [3.05, 3.63) is 65.5 Å². The number of carbonyl (C=O) groups is 1. The van der Waals surface area contributed by atoms with Crippen molar-refractivity contribution < 1.29 is 18.0 Å². The molecule has 8 nitrogen and oxygen atoms in total. The van der Waals surface area contributed by atoms with Crippen molar-refractivity contribution in [1.82, 2.24) is 25.5 Å². The van der Waals surface area contributed by atoms with Crippen LogP contribution in [0, 0.1) is 0 Å². The molecule has 0 saturated carbocycles. The summed E-state index contributed by atoms with van der Waals surface area (Å²) in [5.41, 5.74) is 8.00. The molecule has 180 valence electrons. The molecule has 5 rings (SSSR count). The van der Waals surface area contributed by atoms with Crippen molar-refractivity contribution in [2.24, 2.45) is 0 Å². The van der Waals surface area contributed by atoms with Gasteiger partial charge in [-0.15, -0.1) is 0 Å². The number of nitrogens with zero attached hydrogens (tertiary/aromatic N) is 3. The van der Waals surface area contributed by atoms with Crippen molar-refractivity contribution in [1.29, 1.82) is 0 Å². The molecule has 1 saturated heterocycles. The first-order valence-corrected chi connectivity index (χ1v) is 11.1. The minimum Gasteiger partial charge on any atom is -0.383 e. The van der Waals surface area contributed by atoms with E-state index in [1.165, 1.54) is 0 Å². The second kappa shape index (κ2) is 8.99. The van der Waals surface area contributed by atoms with Crippen LogP contribution in [-0.4, -0.2) is 39.2 Å². The third-order valence-electron chi connectivity index (χ3n) is 6.03. The van der Waals surface area contributed by atoms with Gasteiger partial charge in [-0.05, 0) is 55.8 Å². The number of fused-ring (bicyclic) bond motifs is 1. The van der Waals surface area contributed by atoms with Gasteiger partial charge in [0, 0.05) is 29.3 Å². The van der Waals surface area contributed by atoms with Crippen LogP contribution in [0.2, 0.25) is 0 Å². The number of piperidine rings is 1. The Morgan fingerprint density at radius 3 is 2.46 bits per heavy atom. The number of hydrogen-bond acceptors (Lipinski definition) is 6. The summed E-state index contributed by atoms with van der Waals surface area (Å²) in [5.74, 6) is 0.713. The van der Waals surface area contributed by atoms with Gasteiger partial charge in [-0.3, -0.25) is 9.89 Å². The standard InChI is InChI=1S/C24H22F3N7O/c25-24(26,27)16-7-3-14(4-8-16)23(35)30-17-9-5-13(6-10-17)19-18-20(28)31-21(32-22(18)34-33-19)15-2-1-11-29-12-15/h3-10,15,29H,1-2,11-12H2,(H,30,35)(H3,28,31,32,33,34). The van der Waals surface area contributed by atoms with Crippen molar-refractivity contribution in [3.63, 3.8) is 0 Å². The summed E-state index contributed by atoms with van der Waals surface area (Å²) >= 11 is 0. The Hall–Kier alpha value is -3.99. The number of alkyl halides is 3. The summed E-state index contributed by atoms with van der Waals surface area (Å²) in [7, 11) is 0. The highest BCUT2D eigenvalue weighted by Crippen LogP contribution is 2.32. The van der Waals surface area contributed by atoms with Gasteiger partial charge in [-0.25, -0.2) is 9.97 Å². The molecule has 1 aliphatic rings. The van der Waals surface area contributed by atoms with Crippen molar-refractivity contribution in [2.45, 2.75) is 24.9 Å². The van der Waals surface area contributed by atoms with Crippen molar-refractivity contribution in [3.8, 4) is 11.3 Å². The maximum absolute atomic E-state index is 12.7. The Balaban J connectivity index is 1.34. The first kappa shape index (κ1) is 22.8. The summed E-state index contributed by atoms with van der Waals surface area (Å²) < 4.78 is 38.2. The molecule has 0 spiro atoms. The van der Waals surface area contributed by atoms with E-state index in [-0.39, 0.29) is 11.5 Å². The number of amides is 1. The summed E-state index contributed by atoms with van der Waals surface area (Å²) in [6.45, 7) is 1.80. The number of hydrogen-bond donors (Lipinski definition) is 4. The zero-order valence-electron chi connectivity index (χ0n) is 18.5. The lowest BCUT2D eigenvalue weighted by Gasteiger charge is -2.21. The fourth-order valence-corrected chi connectivity index (χ4v) is 4.17. The fraction of sp³-hybridized carbons (Fsp3) is 0.250. The molecule has 35 heavy (non-hydrogen) atoms. The van der Waals surface area contributed by atoms with Gasteiger partial charge in [0.2, 0.25) is 0 Å². The monoisotopic (exact) mass is 481 g/mol. The summed E-state index contributed by atoms with van der Waals surface area (Å²) in [6, 6.07) is 11.0. The Morgan fingerprint density at radius 2 is 1.80 bits per heavy atom. The molecule has 2 aromatic heterocycles. The number of nitrogen functional groups attached to an aromatic ring is 1. The molecular weight excluding hydrogens is 459 g/mol. The Labute approximate surface area is 198 Å². The summed E-state index contributed by atoms with van der Waals surface area (Å²) in [4.78, 5) is 21.6. The van der Waals surface area contributed by atoms with Crippen LogP contribution in [0.25, 0.3) is 22.3 Å². The van der Waals surface area contributed by atoms with Crippen LogP contribution >= 0.6 is 0 Å². The van der Waals surface area contributed by atoms with E-state index in [0.29, 0.717) is 34.1 Å². The number of rotatable bonds is 4. The third kappa shape index (κ3) is 4.67. The lowest BCUT2D eigenvalue weighted by Crippen LogP contribution is -2.29. The van der Waals surface area contributed by atoms with Crippen LogP contribution in [0.15, 0.2) is 48.5 Å². The number of aromatic amines is 1. The predicted octanol–water partition coefficient (Wildman–Crippen LogP) is 4.34. The minimum atomic E-state index is -4.45. The summed E-state index contributed by atoms with van der Waals surface area (Å²) in [5, 5.41) is 13.9. The lowest BCUT2D eigenvalue weighted by atomic mass is 9.98. The van der Waals surface area contributed by atoms with Crippen molar-refractivity contribution >= 4 is 28.4 Å². The molecule has 1 fully saturated rings. The maximum Gasteiger partial charge on any atom is 0.416 e. The minimum absolute atomic E-state index is 0.121. The van der Waals surface area contributed by atoms with Gasteiger partial charge in [-0.2, -0.15) is 18.3 Å². The van der Waals surface area contributed by atoms with E-state index in [1.807, 2.05) is 0 Å². The predicted molar refractivity (Wildman–Crippen MR) is 126 cm³/mol. The molecule has 1 amide bonds. The fourth-order valence-electron chi connectivity index (χ4n) is 4.17. The van der Waals surface area contributed by atoms with Crippen LogP contribution in [0.5, 0.6) is 0 Å². The van der Waals surface area contributed by atoms with Gasteiger partial charge < -0.3 is 16.4 Å². The molecule has 1 unspecified atom stereocenters. The molecule has 3 heterocycles. The van der Waals surface area contributed by atoms with Crippen molar-refractivity contribution in [2.75, 3.05) is 24.1 Å². The van der Waals surface area contributed by atoms with Gasteiger partial charge in [0.1, 0.15) is 11.6 Å². The number of carbonyl (C=O) groups excluding carboxylic acids is 1. The van der Waals surface area contributed by atoms with E-state index in [2.05, 4.69) is 30.8 Å². The second-order valence-corrected chi connectivity index (χ2v) is 8.41. The lowest BCUT2D eigenvalue weighted by molar-refractivity contribution is -0.137. The highest BCUT2D eigenvalue weighted by molar-refractivity contribution is 6.04. The average molecular weight is 481 g/mol. The van der Waals surface area contributed by atoms with Gasteiger partial charge in [0.05, 0.1) is 16.6 Å². The molecule has 0 bridgehead atoms. The zero-order valence-corrected chi connectivity index (χ0v) is 18.5. The second-order valence-electron chi connectivity index (χ2n) is 8.41. The van der Waals surface area contributed by atoms with E-state index in [1.54, 1.807) is 24.3 Å². The highest BCUT2D eigenvalue weighted by atomic mass is 19.4. The quantitative estimate of drug-likeness (QED) is 0.344. The van der Waals surface area contributed by atoms with E-state index in [9.17, 15) is 18.0 Å². The number of H-pyrrole nitrogens is 1. The number of halogens is 3. The Kier molecular flexibility index (Phi) is 5.85. The van der Waals surface area contributed by atoms with Crippen LogP contribution in [0.1, 0.15) is 40.5 Å².